The third kappa shape index (κ3) is 3.20. The van der Waals surface area contributed by atoms with E-state index in [2.05, 4.69) is 54.1 Å². The summed E-state index contributed by atoms with van der Waals surface area (Å²) in [6, 6.07) is 16.8. The zero-order valence-electron chi connectivity index (χ0n) is 16.3. The predicted molar refractivity (Wildman–Crippen MR) is 111 cm³/mol. The number of aromatic nitrogens is 1. The second-order valence-corrected chi connectivity index (χ2v) is 7.60. The van der Waals surface area contributed by atoms with Gasteiger partial charge in [-0.15, -0.1) is 0 Å². The number of likely N-dealkylation sites (tertiary alicyclic amines) is 1. The van der Waals surface area contributed by atoms with Crippen LogP contribution in [0.5, 0.6) is 0 Å². The first-order chi connectivity index (χ1) is 13.1. The molecule has 0 spiro atoms. The van der Waals surface area contributed by atoms with E-state index in [0.717, 1.165) is 48.4 Å². The molecule has 0 bridgehead atoms. The Labute approximate surface area is 160 Å². The molecule has 0 saturated carbocycles. The molecule has 4 nitrogen and oxygen atoms in total. The Bertz CT molecular complexity index is 974. The number of nitrogens with zero attached hydrogens (tertiary/aromatic N) is 2. The lowest BCUT2D eigenvalue weighted by Gasteiger charge is -2.34. The van der Waals surface area contributed by atoms with Crippen LogP contribution in [0.2, 0.25) is 0 Å². The second-order valence-electron chi connectivity index (χ2n) is 7.60. The molecule has 27 heavy (non-hydrogen) atoms. The van der Waals surface area contributed by atoms with Crippen LogP contribution in [0.4, 0.5) is 5.69 Å². The smallest absolute Gasteiger partial charge is 0.270 e. The molecule has 1 aliphatic heterocycles. The van der Waals surface area contributed by atoms with Crippen LogP contribution in [-0.2, 0) is 7.05 Å². The van der Waals surface area contributed by atoms with Gasteiger partial charge in [-0.05, 0) is 49.9 Å². The number of piperidine rings is 1. The summed E-state index contributed by atoms with van der Waals surface area (Å²) in [5.74, 6) is 0.144. The molecule has 0 radical (unpaired) electrons. The molecule has 4 heteroatoms. The number of amides is 1. The van der Waals surface area contributed by atoms with Gasteiger partial charge in [0.2, 0.25) is 0 Å². The molecule has 1 atom stereocenters. The van der Waals surface area contributed by atoms with Crippen LogP contribution in [-0.4, -0.2) is 34.5 Å². The number of para-hydroxylation sites is 2. The van der Waals surface area contributed by atoms with E-state index in [1.54, 1.807) is 0 Å². The van der Waals surface area contributed by atoms with Gasteiger partial charge in [-0.2, -0.15) is 0 Å². The highest BCUT2D eigenvalue weighted by molar-refractivity contribution is 6.02. The number of carbonyl (C=O) groups excluding carboxylic acids is 1. The van der Waals surface area contributed by atoms with Crippen molar-refractivity contribution in [2.45, 2.75) is 32.7 Å². The first-order valence-electron chi connectivity index (χ1n) is 9.71. The van der Waals surface area contributed by atoms with Crippen LogP contribution in [0.25, 0.3) is 10.9 Å². The van der Waals surface area contributed by atoms with E-state index in [4.69, 9.17) is 0 Å². The molecule has 1 aliphatic rings. The fourth-order valence-electron chi connectivity index (χ4n) is 4.40. The quantitative estimate of drug-likeness (QED) is 0.745. The fourth-order valence-corrected chi connectivity index (χ4v) is 4.40. The number of rotatable bonds is 3. The molecule has 2 aromatic carbocycles. The van der Waals surface area contributed by atoms with Crippen LogP contribution < -0.4 is 5.32 Å². The number of fused-ring (bicyclic) bond motifs is 1. The Morgan fingerprint density at radius 3 is 2.59 bits per heavy atom. The van der Waals surface area contributed by atoms with Crippen molar-refractivity contribution in [2.24, 2.45) is 7.05 Å². The number of benzene rings is 2. The van der Waals surface area contributed by atoms with Gasteiger partial charge in [0, 0.05) is 37.3 Å². The van der Waals surface area contributed by atoms with Crippen molar-refractivity contribution in [3.63, 3.8) is 0 Å². The van der Waals surface area contributed by atoms with E-state index in [-0.39, 0.29) is 5.91 Å². The van der Waals surface area contributed by atoms with E-state index in [0.29, 0.717) is 6.04 Å². The molecule has 1 unspecified atom stereocenters. The Kier molecular flexibility index (Phi) is 4.65. The molecule has 1 amide bonds. The molecule has 1 fully saturated rings. The minimum absolute atomic E-state index is 0.144. The van der Waals surface area contributed by atoms with Gasteiger partial charge in [-0.25, -0.2) is 0 Å². The highest BCUT2D eigenvalue weighted by atomic mass is 16.2. The van der Waals surface area contributed by atoms with Gasteiger partial charge in [0.25, 0.3) is 5.91 Å². The second kappa shape index (κ2) is 7.10. The van der Waals surface area contributed by atoms with Crippen LogP contribution in [0.1, 0.15) is 34.5 Å². The molecule has 1 aromatic heterocycles. The Morgan fingerprint density at radius 1 is 1.07 bits per heavy atom. The summed E-state index contributed by atoms with van der Waals surface area (Å²) in [7, 11) is 2.01. The Morgan fingerprint density at radius 2 is 1.85 bits per heavy atom. The van der Waals surface area contributed by atoms with E-state index in [1.165, 1.54) is 10.9 Å². The summed E-state index contributed by atoms with van der Waals surface area (Å²) in [5.41, 5.74) is 5.39. The number of aryl methyl sites for hydroxylation is 3. The predicted octanol–water partition coefficient (Wildman–Crippen LogP) is 4.51. The van der Waals surface area contributed by atoms with Crippen molar-refractivity contribution in [2.75, 3.05) is 18.4 Å². The summed E-state index contributed by atoms with van der Waals surface area (Å²) in [6.45, 7) is 5.74. The van der Waals surface area contributed by atoms with Crippen molar-refractivity contribution in [3.8, 4) is 0 Å². The Balaban J connectivity index is 1.59. The number of hydrogen-bond acceptors (Lipinski definition) is 2. The number of anilines is 1. The summed E-state index contributed by atoms with van der Waals surface area (Å²) < 4.78 is 2.08. The maximum atomic E-state index is 13.4. The largest absolute Gasteiger partial charge is 0.381 e. The van der Waals surface area contributed by atoms with E-state index in [9.17, 15) is 4.79 Å². The summed E-state index contributed by atoms with van der Waals surface area (Å²) in [4.78, 5) is 15.4. The van der Waals surface area contributed by atoms with Crippen LogP contribution >= 0.6 is 0 Å². The third-order valence-electron chi connectivity index (χ3n) is 5.72. The molecule has 1 N–H and O–H groups in total. The average Bonchev–Trinajstić information content (AvgIpc) is 2.94. The van der Waals surface area contributed by atoms with Gasteiger partial charge >= 0.3 is 0 Å². The van der Waals surface area contributed by atoms with E-state index < -0.39 is 0 Å². The topological polar surface area (TPSA) is 37.3 Å². The number of hydrogen-bond donors (Lipinski definition) is 1. The van der Waals surface area contributed by atoms with Crippen LogP contribution in [0.15, 0.2) is 48.5 Å². The molecule has 0 aliphatic carbocycles. The van der Waals surface area contributed by atoms with Gasteiger partial charge < -0.3 is 14.8 Å². The monoisotopic (exact) mass is 361 g/mol. The van der Waals surface area contributed by atoms with Crippen molar-refractivity contribution in [1.82, 2.24) is 9.47 Å². The van der Waals surface area contributed by atoms with Crippen molar-refractivity contribution >= 4 is 22.5 Å². The normalized spacial score (nSPS) is 17.3. The van der Waals surface area contributed by atoms with Gasteiger partial charge in [-0.3, -0.25) is 4.79 Å². The SMILES string of the molecule is Cc1c(C(=O)N2CCCC(Nc3ccccc3)C2)n(C)c2c(C)cccc12. The average molecular weight is 361 g/mol. The summed E-state index contributed by atoms with van der Waals surface area (Å²) >= 11 is 0. The highest BCUT2D eigenvalue weighted by Crippen LogP contribution is 2.29. The molecular formula is C23H27N3O. The number of carbonyl (C=O) groups is 1. The molecule has 1 saturated heterocycles. The fraction of sp³-hybridized carbons (Fsp3) is 0.348. The van der Waals surface area contributed by atoms with Gasteiger partial charge in [0.05, 0.1) is 5.52 Å². The number of nitrogens with one attached hydrogen (secondary N) is 1. The third-order valence-corrected chi connectivity index (χ3v) is 5.72. The highest BCUT2D eigenvalue weighted by Gasteiger charge is 2.28. The first-order valence-corrected chi connectivity index (χ1v) is 9.71. The van der Waals surface area contributed by atoms with Crippen LogP contribution in [0.3, 0.4) is 0 Å². The standard InChI is InChI=1S/C23H27N3O/c1-16-9-7-13-20-17(2)22(25(3)21(16)20)23(27)26-14-8-12-19(15-26)24-18-10-5-4-6-11-18/h4-7,9-11,13,19,24H,8,12,14-15H2,1-3H3. The summed E-state index contributed by atoms with van der Waals surface area (Å²) in [5, 5.41) is 4.76. The molecule has 140 valence electrons. The van der Waals surface area contributed by atoms with Gasteiger partial charge in [0.15, 0.2) is 0 Å². The Hall–Kier alpha value is -2.75. The van der Waals surface area contributed by atoms with Crippen molar-refractivity contribution in [3.05, 3.63) is 65.4 Å². The lowest BCUT2D eigenvalue weighted by Crippen LogP contribution is -2.45. The van der Waals surface area contributed by atoms with E-state index >= 15 is 0 Å². The van der Waals surface area contributed by atoms with E-state index in [1.807, 2.05) is 30.1 Å². The zero-order valence-corrected chi connectivity index (χ0v) is 16.3. The maximum absolute atomic E-state index is 13.4. The molecule has 4 rings (SSSR count). The van der Waals surface area contributed by atoms with Crippen molar-refractivity contribution < 1.29 is 4.79 Å². The molecule has 2 heterocycles. The lowest BCUT2D eigenvalue weighted by molar-refractivity contribution is 0.0705. The minimum atomic E-state index is 0.144. The first kappa shape index (κ1) is 17.7. The van der Waals surface area contributed by atoms with Gasteiger partial charge in [0.1, 0.15) is 5.69 Å². The van der Waals surface area contributed by atoms with Crippen molar-refractivity contribution in [1.29, 1.82) is 0 Å². The van der Waals surface area contributed by atoms with Crippen LogP contribution in [0, 0.1) is 13.8 Å². The minimum Gasteiger partial charge on any atom is -0.381 e. The lowest BCUT2D eigenvalue weighted by atomic mass is 10.0. The molecule has 3 aromatic rings. The molecular weight excluding hydrogens is 334 g/mol. The van der Waals surface area contributed by atoms with Gasteiger partial charge in [-0.1, -0.05) is 36.4 Å². The summed E-state index contributed by atoms with van der Waals surface area (Å²) in [6.07, 6.45) is 2.12. The maximum Gasteiger partial charge on any atom is 0.270 e. The zero-order chi connectivity index (χ0) is 19.0.